The van der Waals surface area contributed by atoms with E-state index in [0.717, 1.165) is 5.69 Å². The van der Waals surface area contributed by atoms with Gasteiger partial charge in [0.1, 0.15) is 5.82 Å². The number of aryl methyl sites for hydroxylation is 2. The number of rotatable bonds is 3. The van der Waals surface area contributed by atoms with E-state index in [9.17, 15) is 4.79 Å². The van der Waals surface area contributed by atoms with Gasteiger partial charge in [-0.15, -0.1) is 0 Å². The molecule has 0 aliphatic heterocycles. The van der Waals surface area contributed by atoms with E-state index in [4.69, 9.17) is 4.52 Å². The van der Waals surface area contributed by atoms with Gasteiger partial charge >= 0.3 is 0 Å². The van der Waals surface area contributed by atoms with Gasteiger partial charge in [0.2, 0.25) is 5.88 Å². The summed E-state index contributed by atoms with van der Waals surface area (Å²) in [5.74, 6) is 0.722. The van der Waals surface area contributed by atoms with E-state index in [-0.39, 0.29) is 5.91 Å². The third kappa shape index (κ3) is 2.65. The van der Waals surface area contributed by atoms with E-state index >= 15 is 0 Å². The molecule has 0 aliphatic rings. The van der Waals surface area contributed by atoms with Crippen LogP contribution in [0.15, 0.2) is 22.7 Å². The second-order valence-corrected chi connectivity index (χ2v) is 3.92. The van der Waals surface area contributed by atoms with Crippen molar-refractivity contribution in [3.63, 3.8) is 0 Å². The maximum absolute atomic E-state index is 12.0. The van der Waals surface area contributed by atoms with Crippen LogP contribution < -0.4 is 10.6 Å². The molecule has 6 heteroatoms. The fraction of sp³-hybridized carbons (Fsp3) is 0.250. The van der Waals surface area contributed by atoms with Crippen LogP contribution in [0.25, 0.3) is 0 Å². The first-order valence-corrected chi connectivity index (χ1v) is 5.49. The molecule has 1 amide bonds. The van der Waals surface area contributed by atoms with Crippen molar-refractivity contribution in [2.24, 2.45) is 0 Å². The van der Waals surface area contributed by atoms with Gasteiger partial charge in [0.05, 0.1) is 5.69 Å². The van der Waals surface area contributed by atoms with E-state index in [1.54, 1.807) is 32.2 Å². The summed E-state index contributed by atoms with van der Waals surface area (Å²) in [4.78, 5) is 16.2. The second-order valence-electron chi connectivity index (χ2n) is 3.92. The molecule has 2 N–H and O–H groups in total. The Hall–Kier alpha value is -2.37. The lowest BCUT2D eigenvalue weighted by Crippen LogP contribution is -2.12. The zero-order valence-electron chi connectivity index (χ0n) is 10.4. The van der Waals surface area contributed by atoms with Crippen molar-refractivity contribution >= 4 is 17.6 Å². The summed E-state index contributed by atoms with van der Waals surface area (Å²) in [6.07, 6.45) is 0. The van der Waals surface area contributed by atoms with Crippen molar-refractivity contribution in [3.8, 4) is 0 Å². The van der Waals surface area contributed by atoms with Crippen LogP contribution in [0.2, 0.25) is 0 Å². The highest BCUT2D eigenvalue weighted by Gasteiger charge is 2.11. The van der Waals surface area contributed by atoms with Crippen LogP contribution in [0.4, 0.5) is 11.7 Å². The maximum Gasteiger partial charge on any atom is 0.258 e. The minimum atomic E-state index is -0.256. The summed E-state index contributed by atoms with van der Waals surface area (Å²) < 4.78 is 4.93. The SMILES string of the molecule is CNc1cc(C(=O)Nc2cc(C)no2)cc(C)n1. The van der Waals surface area contributed by atoms with Crippen molar-refractivity contribution in [2.75, 3.05) is 17.7 Å². The predicted molar refractivity (Wildman–Crippen MR) is 67.7 cm³/mol. The Balaban J connectivity index is 2.20. The van der Waals surface area contributed by atoms with Crippen molar-refractivity contribution in [3.05, 3.63) is 35.2 Å². The summed E-state index contributed by atoms with van der Waals surface area (Å²) in [6.45, 7) is 3.62. The molecule has 2 aromatic rings. The number of hydrogen-bond donors (Lipinski definition) is 2. The summed E-state index contributed by atoms with van der Waals surface area (Å²) >= 11 is 0. The molecule has 6 nitrogen and oxygen atoms in total. The lowest BCUT2D eigenvalue weighted by molar-refractivity contribution is 0.102. The van der Waals surface area contributed by atoms with Crippen LogP contribution in [0, 0.1) is 13.8 Å². The van der Waals surface area contributed by atoms with E-state index in [1.165, 1.54) is 0 Å². The third-order valence-electron chi connectivity index (χ3n) is 2.34. The molecule has 0 radical (unpaired) electrons. The van der Waals surface area contributed by atoms with Gasteiger partial charge in [-0.1, -0.05) is 5.16 Å². The molecule has 0 bridgehead atoms. The van der Waals surface area contributed by atoms with E-state index in [1.807, 2.05) is 6.92 Å². The van der Waals surface area contributed by atoms with E-state index in [0.29, 0.717) is 23.0 Å². The van der Waals surface area contributed by atoms with Gasteiger partial charge in [-0.2, -0.15) is 0 Å². The highest BCUT2D eigenvalue weighted by molar-refractivity contribution is 6.04. The highest BCUT2D eigenvalue weighted by Crippen LogP contribution is 2.13. The van der Waals surface area contributed by atoms with Gasteiger partial charge in [-0.05, 0) is 26.0 Å². The maximum atomic E-state index is 12.0. The van der Waals surface area contributed by atoms with Crippen LogP contribution in [-0.4, -0.2) is 23.1 Å². The minimum absolute atomic E-state index is 0.256. The van der Waals surface area contributed by atoms with Crippen LogP contribution >= 0.6 is 0 Å². The molecule has 2 heterocycles. The van der Waals surface area contributed by atoms with Gasteiger partial charge in [0.25, 0.3) is 5.91 Å². The number of carbonyl (C=O) groups excluding carboxylic acids is 1. The van der Waals surface area contributed by atoms with Crippen LogP contribution in [0.1, 0.15) is 21.7 Å². The van der Waals surface area contributed by atoms with Crippen LogP contribution in [0.5, 0.6) is 0 Å². The van der Waals surface area contributed by atoms with Gasteiger partial charge in [-0.25, -0.2) is 4.98 Å². The number of amides is 1. The molecule has 0 saturated heterocycles. The van der Waals surface area contributed by atoms with Crippen molar-refractivity contribution in [1.29, 1.82) is 0 Å². The molecule has 0 fully saturated rings. The number of nitrogens with zero attached hydrogens (tertiary/aromatic N) is 2. The van der Waals surface area contributed by atoms with E-state index < -0.39 is 0 Å². The Labute approximate surface area is 104 Å². The quantitative estimate of drug-likeness (QED) is 0.865. The first-order valence-electron chi connectivity index (χ1n) is 5.49. The average Bonchev–Trinajstić information content (AvgIpc) is 2.73. The molecule has 18 heavy (non-hydrogen) atoms. The van der Waals surface area contributed by atoms with E-state index in [2.05, 4.69) is 20.8 Å². The Morgan fingerprint density at radius 2 is 2.00 bits per heavy atom. The zero-order valence-corrected chi connectivity index (χ0v) is 10.4. The monoisotopic (exact) mass is 246 g/mol. The standard InChI is InChI=1S/C12H14N4O2/c1-7-4-9(6-10(13-3)14-7)12(17)15-11-5-8(2)16-18-11/h4-6H,1-3H3,(H,13,14)(H,15,17). The Morgan fingerprint density at radius 1 is 1.22 bits per heavy atom. The smallest absolute Gasteiger partial charge is 0.258 e. The van der Waals surface area contributed by atoms with Crippen molar-refractivity contribution in [2.45, 2.75) is 13.8 Å². The van der Waals surface area contributed by atoms with Gasteiger partial charge in [-0.3, -0.25) is 10.1 Å². The number of aromatic nitrogens is 2. The fourth-order valence-electron chi connectivity index (χ4n) is 1.53. The highest BCUT2D eigenvalue weighted by atomic mass is 16.5. The first kappa shape index (κ1) is 12.1. The Bertz CT molecular complexity index is 577. The molecule has 0 spiro atoms. The number of hydrogen-bond acceptors (Lipinski definition) is 5. The molecule has 0 aromatic carbocycles. The molecule has 0 unspecified atom stereocenters. The van der Waals surface area contributed by atoms with Gasteiger partial charge in [0.15, 0.2) is 0 Å². The number of carbonyl (C=O) groups is 1. The summed E-state index contributed by atoms with van der Waals surface area (Å²) in [5.41, 5.74) is 1.99. The lowest BCUT2D eigenvalue weighted by Gasteiger charge is -2.05. The Morgan fingerprint density at radius 3 is 2.61 bits per heavy atom. The first-order chi connectivity index (χ1) is 8.58. The normalized spacial score (nSPS) is 10.2. The third-order valence-corrected chi connectivity index (χ3v) is 2.34. The predicted octanol–water partition coefficient (Wildman–Crippen LogP) is 1.98. The summed E-state index contributed by atoms with van der Waals surface area (Å²) in [7, 11) is 1.75. The molecule has 0 aliphatic carbocycles. The molecule has 2 rings (SSSR count). The largest absolute Gasteiger partial charge is 0.373 e. The lowest BCUT2D eigenvalue weighted by atomic mass is 10.2. The number of nitrogens with one attached hydrogen (secondary N) is 2. The molecule has 94 valence electrons. The molecule has 0 atom stereocenters. The zero-order chi connectivity index (χ0) is 13.1. The number of pyridine rings is 1. The summed E-state index contributed by atoms with van der Waals surface area (Å²) in [5, 5.41) is 9.24. The average molecular weight is 246 g/mol. The van der Waals surface area contributed by atoms with Gasteiger partial charge < -0.3 is 9.84 Å². The molecular formula is C12H14N4O2. The minimum Gasteiger partial charge on any atom is -0.373 e. The number of anilines is 2. The van der Waals surface area contributed by atoms with Crippen LogP contribution in [0.3, 0.4) is 0 Å². The molecule has 0 saturated carbocycles. The van der Waals surface area contributed by atoms with Crippen LogP contribution in [-0.2, 0) is 0 Å². The van der Waals surface area contributed by atoms with Crippen molar-refractivity contribution < 1.29 is 9.32 Å². The second kappa shape index (κ2) is 4.87. The van der Waals surface area contributed by atoms with Crippen molar-refractivity contribution in [1.82, 2.24) is 10.1 Å². The fourth-order valence-corrected chi connectivity index (χ4v) is 1.53. The summed E-state index contributed by atoms with van der Waals surface area (Å²) in [6, 6.07) is 5.04. The van der Waals surface area contributed by atoms with Gasteiger partial charge in [0, 0.05) is 24.4 Å². The molecular weight excluding hydrogens is 232 g/mol. The topological polar surface area (TPSA) is 80.0 Å². The molecule has 2 aromatic heterocycles. The Kier molecular flexibility index (Phi) is 3.27.